The van der Waals surface area contributed by atoms with Crippen molar-refractivity contribution in [1.82, 2.24) is 0 Å². The highest BCUT2D eigenvalue weighted by Gasteiger charge is 2.00. The summed E-state index contributed by atoms with van der Waals surface area (Å²) in [5, 5.41) is 11.9. The standard InChI is InChI=1S/C16H20O/c1-2-3-4-5-7-13-10-11-14-8-6-9-16(17)15(14)12-13/h6,8-12,17H,2-5,7H2,1H3. The van der Waals surface area contributed by atoms with Gasteiger partial charge in [0.2, 0.25) is 0 Å². The molecule has 0 aromatic heterocycles. The molecule has 17 heavy (non-hydrogen) atoms. The van der Waals surface area contributed by atoms with Crippen molar-refractivity contribution in [3.05, 3.63) is 42.0 Å². The lowest BCUT2D eigenvalue weighted by atomic mass is 10.0. The van der Waals surface area contributed by atoms with Gasteiger partial charge in [-0.1, -0.05) is 50.5 Å². The maximum atomic E-state index is 9.81. The van der Waals surface area contributed by atoms with Crippen LogP contribution in [-0.4, -0.2) is 5.11 Å². The number of phenolic OH excluding ortho intramolecular Hbond substituents is 1. The van der Waals surface area contributed by atoms with Gasteiger partial charge in [0.15, 0.2) is 0 Å². The van der Waals surface area contributed by atoms with E-state index in [0.717, 1.165) is 17.2 Å². The Bertz CT molecular complexity index is 488. The van der Waals surface area contributed by atoms with Crippen molar-refractivity contribution < 1.29 is 5.11 Å². The smallest absolute Gasteiger partial charge is 0.123 e. The Morgan fingerprint density at radius 1 is 1.00 bits per heavy atom. The Hall–Kier alpha value is -1.50. The van der Waals surface area contributed by atoms with E-state index in [4.69, 9.17) is 0 Å². The molecule has 1 nitrogen and oxygen atoms in total. The number of hydrogen-bond acceptors (Lipinski definition) is 1. The molecule has 2 aromatic carbocycles. The zero-order valence-corrected chi connectivity index (χ0v) is 10.4. The quantitative estimate of drug-likeness (QED) is 0.737. The van der Waals surface area contributed by atoms with Crippen LogP contribution in [0.5, 0.6) is 5.75 Å². The average Bonchev–Trinajstić information content (AvgIpc) is 2.36. The van der Waals surface area contributed by atoms with E-state index in [-0.39, 0.29) is 0 Å². The third-order valence-electron chi connectivity index (χ3n) is 3.24. The molecule has 0 spiro atoms. The molecule has 0 saturated carbocycles. The fourth-order valence-electron chi connectivity index (χ4n) is 2.21. The number of hydrogen-bond donors (Lipinski definition) is 1. The lowest BCUT2D eigenvalue weighted by Gasteiger charge is -2.05. The van der Waals surface area contributed by atoms with Crippen molar-refractivity contribution in [3.63, 3.8) is 0 Å². The minimum Gasteiger partial charge on any atom is -0.507 e. The van der Waals surface area contributed by atoms with E-state index in [9.17, 15) is 5.11 Å². The molecule has 1 heteroatoms. The highest BCUT2D eigenvalue weighted by molar-refractivity contribution is 5.88. The number of phenols is 1. The van der Waals surface area contributed by atoms with Crippen LogP contribution >= 0.6 is 0 Å². The van der Waals surface area contributed by atoms with Gasteiger partial charge < -0.3 is 5.11 Å². The van der Waals surface area contributed by atoms with E-state index in [2.05, 4.69) is 25.1 Å². The van der Waals surface area contributed by atoms with Crippen LogP contribution in [0.2, 0.25) is 0 Å². The van der Waals surface area contributed by atoms with Gasteiger partial charge in [-0.05, 0) is 35.9 Å². The number of aryl methyl sites for hydroxylation is 1. The number of unbranched alkanes of at least 4 members (excludes halogenated alkanes) is 3. The monoisotopic (exact) mass is 228 g/mol. The molecule has 0 radical (unpaired) electrons. The molecule has 0 fully saturated rings. The molecule has 0 unspecified atom stereocenters. The summed E-state index contributed by atoms with van der Waals surface area (Å²) in [5.41, 5.74) is 1.33. The Balaban J connectivity index is 2.11. The van der Waals surface area contributed by atoms with Crippen LogP contribution < -0.4 is 0 Å². The molecule has 0 heterocycles. The van der Waals surface area contributed by atoms with E-state index in [1.165, 1.54) is 31.2 Å². The molecule has 2 rings (SSSR count). The second-order valence-corrected chi connectivity index (χ2v) is 4.64. The minimum absolute atomic E-state index is 0.387. The molecule has 0 atom stereocenters. The van der Waals surface area contributed by atoms with Gasteiger partial charge in [-0.2, -0.15) is 0 Å². The topological polar surface area (TPSA) is 20.2 Å². The molecule has 0 aliphatic rings. The fourth-order valence-corrected chi connectivity index (χ4v) is 2.21. The largest absolute Gasteiger partial charge is 0.507 e. The summed E-state index contributed by atoms with van der Waals surface area (Å²) in [6, 6.07) is 12.1. The number of rotatable bonds is 5. The van der Waals surface area contributed by atoms with Crippen LogP contribution in [0.15, 0.2) is 36.4 Å². The maximum absolute atomic E-state index is 9.81. The first-order valence-electron chi connectivity index (χ1n) is 6.52. The first-order chi connectivity index (χ1) is 8.31. The summed E-state index contributed by atoms with van der Waals surface area (Å²) in [7, 11) is 0. The lowest BCUT2D eigenvalue weighted by Crippen LogP contribution is -1.86. The molecular formula is C16H20O. The zero-order valence-electron chi connectivity index (χ0n) is 10.4. The summed E-state index contributed by atoms with van der Waals surface area (Å²) < 4.78 is 0. The fraction of sp³-hybridized carbons (Fsp3) is 0.375. The molecule has 1 N–H and O–H groups in total. The van der Waals surface area contributed by atoms with Crippen molar-refractivity contribution >= 4 is 10.8 Å². The molecule has 0 bridgehead atoms. The van der Waals surface area contributed by atoms with Crippen LogP contribution in [0.1, 0.15) is 38.2 Å². The Labute approximate surface area is 103 Å². The van der Waals surface area contributed by atoms with Crippen molar-refractivity contribution in [2.45, 2.75) is 39.0 Å². The summed E-state index contributed by atoms with van der Waals surface area (Å²) in [4.78, 5) is 0. The van der Waals surface area contributed by atoms with Crippen molar-refractivity contribution in [1.29, 1.82) is 0 Å². The van der Waals surface area contributed by atoms with E-state index in [0.29, 0.717) is 5.75 Å². The molecule has 90 valence electrons. The van der Waals surface area contributed by atoms with Crippen LogP contribution in [0, 0.1) is 0 Å². The third kappa shape index (κ3) is 3.00. The van der Waals surface area contributed by atoms with E-state index >= 15 is 0 Å². The number of benzene rings is 2. The maximum Gasteiger partial charge on any atom is 0.123 e. The second-order valence-electron chi connectivity index (χ2n) is 4.64. The molecule has 0 saturated heterocycles. The van der Waals surface area contributed by atoms with Gasteiger partial charge in [-0.15, -0.1) is 0 Å². The lowest BCUT2D eigenvalue weighted by molar-refractivity contribution is 0.481. The molecule has 2 aromatic rings. The molecular weight excluding hydrogens is 208 g/mol. The highest BCUT2D eigenvalue weighted by atomic mass is 16.3. The van der Waals surface area contributed by atoms with Crippen LogP contribution in [-0.2, 0) is 6.42 Å². The third-order valence-corrected chi connectivity index (χ3v) is 3.24. The number of aromatic hydroxyl groups is 1. The molecule has 0 aliphatic carbocycles. The van der Waals surface area contributed by atoms with Crippen molar-refractivity contribution in [2.75, 3.05) is 0 Å². The molecule has 0 amide bonds. The minimum atomic E-state index is 0.387. The second kappa shape index (κ2) is 5.72. The zero-order chi connectivity index (χ0) is 12.1. The van der Waals surface area contributed by atoms with E-state index in [1.54, 1.807) is 6.07 Å². The number of fused-ring (bicyclic) bond motifs is 1. The van der Waals surface area contributed by atoms with E-state index in [1.807, 2.05) is 12.1 Å². The Morgan fingerprint density at radius 3 is 2.71 bits per heavy atom. The first-order valence-corrected chi connectivity index (χ1v) is 6.52. The molecule has 0 aliphatic heterocycles. The average molecular weight is 228 g/mol. The predicted octanol–water partition coefficient (Wildman–Crippen LogP) is 4.67. The normalized spacial score (nSPS) is 10.9. The highest BCUT2D eigenvalue weighted by Crippen LogP contribution is 2.25. The van der Waals surface area contributed by atoms with Crippen molar-refractivity contribution in [2.24, 2.45) is 0 Å². The van der Waals surface area contributed by atoms with Gasteiger partial charge >= 0.3 is 0 Å². The van der Waals surface area contributed by atoms with Gasteiger partial charge in [0.25, 0.3) is 0 Å². The predicted molar refractivity (Wildman–Crippen MR) is 73.5 cm³/mol. The van der Waals surface area contributed by atoms with Gasteiger partial charge in [0.05, 0.1) is 0 Å². The van der Waals surface area contributed by atoms with E-state index < -0.39 is 0 Å². The SMILES string of the molecule is CCCCCCc1ccc2cccc(O)c2c1. The summed E-state index contributed by atoms with van der Waals surface area (Å²) in [5.74, 6) is 0.387. The van der Waals surface area contributed by atoms with Gasteiger partial charge in [-0.3, -0.25) is 0 Å². The van der Waals surface area contributed by atoms with Crippen LogP contribution in [0.25, 0.3) is 10.8 Å². The summed E-state index contributed by atoms with van der Waals surface area (Å²) in [6.07, 6.45) is 6.25. The van der Waals surface area contributed by atoms with Crippen LogP contribution in [0.3, 0.4) is 0 Å². The summed E-state index contributed by atoms with van der Waals surface area (Å²) >= 11 is 0. The van der Waals surface area contributed by atoms with Gasteiger partial charge in [0.1, 0.15) is 5.75 Å². The van der Waals surface area contributed by atoms with Crippen LogP contribution in [0.4, 0.5) is 0 Å². The Morgan fingerprint density at radius 2 is 1.88 bits per heavy atom. The summed E-state index contributed by atoms with van der Waals surface area (Å²) in [6.45, 7) is 2.23. The van der Waals surface area contributed by atoms with Crippen molar-refractivity contribution in [3.8, 4) is 5.75 Å². The van der Waals surface area contributed by atoms with Gasteiger partial charge in [0, 0.05) is 5.39 Å². The first kappa shape index (κ1) is 12.0. The van der Waals surface area contributed by atoms with Gasteiger partial charge in [-0.25, -0.2) is 0 Å². The Kier molecular flexibility index (Phi) is 4.03.